The van der Waals surface area contributed by atoms with Gasteiger partial charge in [-0.1, -0.05) is 48.5 Å². The highest BCUT2D eigenvalue weighted by Gasteiger charge is 2.28. The van der Waals surface area contributed by atoms with Crippen molar-refractivity contribution in [2.45, 2.75) is 18.9 Å². The van der Waals surface area contributed by atoms with Crippen LogP contribution >= 0.6 is 0 Å². The second kappa shape index (κ2) is 4.54. The van der Waals surface area contributed by atoms with Crippen LogP contribution in [0.3, 0.4) is 0 Å². The smallest absolute Gasteiger partial charge is 0.184 e. The zero-order valence-electron chi connectivity index (χ0n) is 10.1. The van der Waals surface area contributed by atoms with Gasteiger partial charge in [0.15, 0.2) is 6.19 Å². The summed E-state index contributed by atoms with van der Waals surface area (Å²) in [6.07, 6.45) is 4.20. The van der Waals surface area contributed by atoms with E-state index in [2.05, 4.69) is 24.4 Å². The molecule has 2 aromatic rings. The zero-order chi connectivity index (χ0) is 12.4. The lowest BCUT2D eigenvalue weighted by Gasteiger charge is -2.19. The van der Waals surface area contributed by atoms with Gasteiger partial charge in [0, 0.05) is 0 Å². The fourth-order valence-corrected chi connectivity index (χ4v) is 2.65. The van der Waals surface area contributed by atoms with Crippen molar-refractivity contribution in [1.82, 2.24) is 0 Å². The molecular weight excluding hydrogens is 220 g/mol. The topological polar surface area (TPSA) is 27.0 Å². The monoisotopic (exact) mass is 234 g/mol. The van der Waals surface area contributed by atoms with Crippen molar-refractivity contribution < 1.29 is 0 Å². The van der Waals surface area contributed by atoms with Crippen molar-refractivity contribution in [3.8, 4) is 6.19 Å². The highest BCUT2D eigenvalue weighted by molar-refractivity contribution is 5.62. The van der Waals surface area contributed by atoms with E-state index >= 15 is 0 Å². The first-order valence-corrected chi connectivity index (χ1v) is 6.19. The van der Waals surface area contributed by atoms with Crippen LogP contribution in [0.4, 0.5) is 5.69 Å². The van der Waals surface area contributed by atoms with E-state index < -0.39 is 0 Å². The number of hydrogen-bond donors (Lipinski definition) is 0. The Morgan fingerprint density at radius 2 is 1.78 bits per heavy atom. The quantitative estimate of drug-likeness (QED) is 0.746. The number of hydrogen-bond acceptors (Lipinski definition) is 2. The van der Waals surface area contributed by atoms with Gasteiger partial charge in [0.25, 0.3) is 0 Å². The number of nitrogens with zero attached hydrogens (tertiary/aromatic N) is 2. The summed E-state index contributed by atoms with van der Waals surface area (Å²) < 4.78 is 0. The molecule has 0 fully saturated rings. The Labute approximate surface area is 107 Å². The fourth-order valence-electron chi connectivity index (χ4n) is 2.65. The third-order valence-electron chi connectivity index (χ3n) is 3.49. The van der Waals surface area contributed by atoms with Crippen LogP contribution in [0.5, 0.6) is 0 Å². The standard InChI is InChI=1S/C16H14N2/c17-12-18-15(10-13-6-2-1-3-7-13)11-14-8-4-5-9-16(14)18/h1-9,15H,10-11H2. The highest BCUT2D eigenvalue weighted by Crippen LogP contribution is 2.32. The number of para-hydroxylation sites is 1. The van der Waals surface area contributed by atoms with E-state index in [0.29, 0.717) is 0 Å². The van der Waals surface area contributed by atoms with Crippen LogP contribution in [0.25, 0.3) is 0 Å². The van der Waals surface area contributed by atoms with Crippen LogP contribution < -0.4 is 4.90 Å². The average Bonchev–Trinajstić information content (AvgIpc) is 2.77. The second-order valence-electron chi connectivity index (χ2n) is 4.65. The van der Waals surface area contributed by atoms with Gasteiger partial charge in [0.05, 0.1) is 11.7 Å². The van der Waals surface area contributed by atoms with Gasteiger partial charge in [-0.3, -0.25) is 4.90 Å². The molecule has 18 heavy (non-hydrogen) atoms. The maximum absolute atomic E-state index is 9.34. The van der Waals surface area contributed by atoms with E-state index in [-0.39, 0.29) is 6.04 Å². The molecular formula is C16H14N2. The van der Waals surface area contributed by atoms with Gasteiger partial charge in [-0.25, -0.2) is 0 Å². The van der Waals surface area contributed by atoms with Gasteiger partial charge in [-0.05, 0) is 30.0 Å². The number of benzene rings is 2. The van der Waals surface area contributed by atoms with Gasteiger partial charge in [0.1, 0.15) is 0 Å². The van der Waals surface area contributed by atoms with E-state index in [1.807, 2.05) is 41.3 Å². The molecule has 0 saturated carbocycles. The molecule has 3 rings (SSSR count). The summed E-state index contributed by atoms with van der Waals surface area (Å²) in [6, 6.07) is 18.8. The van der Waals surface area contributed by atoms with Crippen molar-refractivity contribution in [2.24, 2.45) is 0 Å². The molecule has 0 N–H and O–H groups in total. The zero-order valence-corrected chi connectivity index (χ0v) is 10.1. The molecule has 0 bridgehead atoms. The van der Waals surface area contributed by atoms with E-state index in [9.17, 15) is 5.26 Å². The molecule has 0 amide bonds. The summed E-state index contributed by atoms with van der Waals surface area (Å²) in [5.74, 6) is 0. The molecule has 1 aliphatic rings. The lowest BCUT2D eigenvalue weighted by molar-refractivity contribution is 0.683. The third kappa shape index (κ3) is 1.84. The van der Waals surface area contributed by atoms with Crippen LogP contribution in [-0.2, 0) is 12.8 Å². The second-order valence-corrected chi connectivity index (χ2v) is 4.65. The Hall–Kier alpha value is -2.27. The summed E-state index contributed by atoms with van der Waals surface area (Å²) in [6.45, 7) is 0. The maximum atomic E-state index is 9.34. The van der Waals surface area contributed by atoms with Crippen molar-refractivity contribution in [2.75, 3.05) is 4.90 Å². The van der Waals surface area contributed by atoms with E-state index in [0.717, 1.165) is 18.5 Å². The Kier molecular flexibility index (Phi) is 2.74. The molecule has 2 heteroatoms. The summed E-state index contributed by atoms with van der Waals surface area (Å²) in [5, 5.41) is 9.34. The van der Waals surface area contributed by atoms with E-state index in [1.165, 1.54) is 11.1 Å². The van der Waals surface area contributed by atoms with Crippen LogP contribution in [0.15, 0.2) is 54.6 Å². The molecule has 0 radical (unpaired) electrons. The van der Waals surface area contributed by atoms with Gasteiger partial charge in [-0.15, -0.1) is 0 Å². The summed E-state index contributed by atoms with van der Waals surface area (Å²) in [5.41, 5.74) is 3.64. The van der Waals surface area contributed by atoms with Crippen LogP contribution in [0.1, 0.15) is 11.1 Å². The predicted molar refractivity (Wildman–Crippen MR) is 72.2 cm³/mol. The van der Waals surface area contributed by atoms with Crippen LogP contribution in [-0.4, -0.2) is 6.04 Å². The van der Waals surface area contributed by atoms with E-state index in [1.54, 1.807) is 0 Å². The van der Waals surface area contributed by atoms with Gasteiger partial charge < -0.3 is 0 Å². The Bertz CT molecular complexity index is 584. The van der Waals surface area contributed by atoms with E-state index in [4.69, 9.17) is 0 Å². The van der Waals surface area contributed by atoms with Gasteiger partial charge in [-0.2, -0.15) is 5.26 Å². The van der Waals surface area contributed by atoms with Crippen molar-refractivity contribution in [1.29, 1.82) is 5.26 Å². The molecule has 0 saturated heterocycles. The predicted octanol–water partition coefficient (Wildman–Crippen LogP) is 3.14. The van der Waals surface area contributed by atoms with Crippen molar-refractivity contribution in [3.63, 3.8) is 0 Å². The summed E-state index contributed by atoms with van der Waals surface area (Å²) in [4.78, 5) is 1.85. The minimum absolute atomic E-state index is 0.259. The first-order valence-electron chi connectivity index (χ1n) is 6.19. The number of anilines is 1. The van der Waals surface area contributed by atoms with Crippen molar-refractivity contribution in [3.05, 3.63) is 65.7 Å². The molecule has 1 aliphatic heterocycles. The van der Waals surface area contributed by atoms with Gasteiger partial charge in [0.2, 0.25) is 0 Å². The van der Waals surface area contributed by atoms with Crippen molar-refractivity contribution >= 4 is 5.69 Å². The van der Waals surface area contributed by atoms with Crippen LogP contribution in [0, 0.1) is 11.5 Å². The lowest BCUT2D eigenvalue weighted by atomic mass is 10.0. The molecule has 1 unspecified atom stereocenters. The normalized spacial score (nSPS) is 17.3. The fraction of sp³-hybridized carbons (Fsp3) is 0.188. The molecule has 1 atom stereocenters. The molecule has 0 spiro atoms. The maximum Gasteiger partial charge on any atom is 0.184 e. The lowest BCUT2D eigenvalue weighted by Crippen LogP contribution is -2.29. The molecule has 2 aromatic carbocycles. The molecule has 0 aromatic heterocycles. The minimum atomic E-state index is 0.259. The Morgan fingerprint density at radius 1 is 1.06 bits per heavy atom. The highest BCUT2D eigenvalue weighted by atomic mass is 15.2. The molecule has 88 valence electrons. The molecule has 2 nitrogen and oxygen atoms in total. The summed E-state index contributed by atoms with van der Waals surface area (Å²) >= 11 is 0. The largest absolute Gasteiger partial charge is 0.275 e. The van der Waals surface area contributed by atoms with Crippen LogP contribution in [0.2, 0.25) is 0 Å². The minimum Gasteiger partial charge on any atom is -0.275 e. The summed E-state index contributed by atoms with van der Waals surface area (Å²) in [7, 11) is 0. The Morgan fingerprint density at radius 3 is 2.56 bits per heavy atom. The first-order chi connectivity index (χ1) is 8.88. The Balaban J connectivity index is 1.86. The number of fused-ring (bicyclic) bond motifs is 1. The van der Waals surface area contributed by atoms with Gasteiger partial charge >= 0.3 is 0 Å². The first kappa shape index (κ1) is 10.9. The average molecular weight is 234 g/mol. The number of nitriles is 1. The SMILES string of the molecule is N#CN1c2ccccc2CC1Cc1ccccc1. The third-order valence-corrected chi connectivity index (χ3v) is 3.49. The molecule has 1 heterocycles. The number of rotatable bonds is 2. The molecule has 0 aliphatic carbocycles.